The summed E-state index contributed by atoms with van der Waals surface area (Å²) in [4.78, 5) is 12.2. The van der Waals surface area contributed by atoms with E-state index in [1.165, 1.54) is 11.1 Å². The van der Waals surface area contributed by atoms with Gasteiger partial charge in [0.1, 0.15) is 0 Å². The van der Waals surface area contributed by atoms with Crippen LogP contribution in [0.25, 0.3) is 0 Å². The number of allylic oxidation sites excluding steroid dienone is 2. The second kappa shape index (κ2) is 5.94. The molecule has 3 rings (SSSR count). The molecule has 2 aliphatic carbocycles. The lowest BCUT2D eigenvalue weighted by Crippen LogP contribution is -2.54. The third-order valence-electron chi connectivity index (χ3n) is 6.98. The Hall–Kier alpha value is -1.35. The average Bonchev–Trinajstić information content (AvgIpc) is 3.03. The number of aliphatic hydroxyl groups excluding tert-OH is 1. The fourth-order valence-electron chi connectivity index (χ4n) is 5.10. The van der Waals surface area contributed by atoms with Crippen molar-refractivity contribution in [2.75, 3.05) is 6.61 Å². The van der Waals surface area contributed by atoms with Gasteiger partial charge in [0.2, 0.25) is 0 Å². The molecule has 0 saturated heterocycles. The lowest BCUT2D eigenvalue weighted by molar-refractivity contribution is -0.129. The summed E-state index contributed by atoms with van der Waals surface area (Å²) < 4.78 is 5.18. The summed E-state index contributed by atoms with van der Waals surface area (Å²) in [5.41, 5.74) is 2.23. The average molecular weight is 316 g/mol. The molecule has 3 nitrogen and oxygen atoms in total. The van der Waals surface area contributed by atoms with Crippen LogP contribution in [0.15, 0.2) is 34.7 Å². The molecule has 23 heavy (non-hydrogen) atoms. The number of carbonyl (C=O) groups excluding carboxylic acids is 1. The first-order valence-corrected chi connectivity index (χ1v) is 8.76. The molecule has 4 atom stereocenters. The molecule has 1 aromatic rings. The minimum Gasteiger partial charge on any atom is -0.472 e. The van der Waals surface area contributed by atoms with E-state index >= 15 is 0 Å². The highest BCUT2D eigenvalue weighted by atomic mass is 16.3. The topological polar surface area (TPSA) is 50.4 Å². The van der Waals surface area contributed by atoms with Crippen LogP contribution in [0.2, 0.25) is 0 Å². The smallest absolute Gasteiger partial charge is 0.155 e. The zero-order valence-corrected chi connectivity index (χ0v) is 14.5. The normalized spacial score (nSPS) is 37.4. The third-order valence-corrected chi connectivity index (χ3v) is 6.98. The van der Waals surface area contributed by atoms with E-state index in [-0.39, 0.29) is 29.1 Å². The van der Waals surface area contributed by atoms with Gasteiger partial charge in [0, 0.05) is 18.4 Å². The van der Waals surface area contributed by atoms with Crippen molar-refractivity contribution < 1.29 is 14.3 Å². The van der Waals surface area contributed by atoms with E-state index in [0.717, 1.165) is 25.7 Å². The summed E-state index contributed by atoms with van der Waals surface area (Å²) in [5.74, 6) is 0.879. The molecule has 0 radical (unpaired) electrons. The van der Waals surface area contributed by atoms with Crippen molar-refractivity contribution in [3.63, 3.8) is 0 Å². The summed E-state index contributed by atoms with van der Waals surface area (Å²) >= 11 is 0. The van der Waals surface area contributed by atoms with Gasteiger partial charge in [-0.15, -0.1) is 0 Å². The molecule has 0 spiro atoms. The molecule has 0 bridgehead atoms. The molecule has 1 N–H and O–H groups in total. The fourth-order valence-corrected chi connectivity index (χ4v) is 5.10. The Kier molecular flexibility index (Phi) is 4.26. The van der Waals surface area contributed by atoms with Crippen molar-refractivity contribution in [1.29, 1.82) is 0 Å². The highest BCUT2D eigenvalue weighted by Crippen LogP contribution is 2.61. The van der Waals surface area contributed by atoms with E-state index < -0.39 is 0 Å². The van der Waals surface area contributed by atoms with Gasteiger partial charge in [0.05, 0.1) is 12.5 Å². The van der Waals surface area contributed by atoms with Crippen LogP contribution in [-0.4, -0.2) is 17.5 Å². The molecule has 3 heteroatoms. The van der Waals surface area contributed by atoms with Crippen molar-refractivity contribution in [2.45, 2.75) is 52.9 Å². The monoisotopic (exact) mass is 316 g/mol. The summed E-state index contributed by atoms with van der Waals surface area (Å²) in [7, 11) is 0. The van der Waals surface area contributed by atoms with Crippen molar-refractivity contribution in [3.05, 3.63) is 35.8 Å². The molecule has 1 heterocycles. The second-order valence-electron chi connectivity index (χ2n) is 7.93. The molecular weight excluding hydrogens is 288 g/mol. The molecule has 1 aromatic heterocycles. The molecule has 0 aromatic carbocycles. The van der Waals surface area contributed by atoms with Gasteiger partial charge < -0.3 is 9.52 Å². The van der Waals surface area contributed by atoms with Crippen LogP contribution in [0.4, 0.5) is 0 Å². The van der Waals surface area contributed by atoms with Crippen LogP contribution in [0.3, 0.4) is 0 Å². The van der Waals surface area contributed by atoms with Crippen LogP contribution < -0.4 is 0 Å². The molecule has 1 fully saturated rings. The van der Waals surface area contributed by atoms with E-state index in [0.29, 0.717) is 12.3 Å². The number of aliphatic hydroxyl groups is 1. The molecule has 1 unspecified atom stereocenters. The van der Waals surface area contributed by atoms with E-state index in [9.17, 15) is 9.90 Å². The number of hydrogen-bond donors (Lipinski definition) is 1. The highest BCUT2D eigenvalue weighted by Gasteiger charge is 2.56. The molecule has 126 valence electrons. The summed E-state index contributed by atoms with van der Waals surface area (Å²) in [6.45, 7) is 6.80. The lowest BCUT2D eigenvalue weighted by atomic mass is 9.46. The fraction of sp³-hybridized carbons (Fsp3) is 0.650. The van der Waals surface area contributed by atoms with Gasteiger partial charge in [-0.05, 0) is 67.6 Å². The van der Waals surface area contributed by atoms with E-state index in [2.05, 4.69) is 20.8 Å². The number of ketones is 1. The number of aryl methyl sites for hydroxylation is 1. The standard InChI is InChI=1S/C20H28O3/c1-14-4-7-19(3)15(2)10-17(22)11-18(19)20(14,13-21)8-5-16-6-9-23-12-16/h6,9-10,12,14,18,21H,4-5,7-8,11,13H2,1-3H3/t14-,18?,19+,20-/m1/s1. The molecule has 0 amide bonds. The number of carbonyl (C=O) groups is 1. The van der Waals surface area contributed by atoms with E-state index in [1.54, 1.807) is 12.5 Å². The van der Waals surface area contributed by atoms with Crippen molar-refractivity contribution >= 4 is 5.78 Å². The number of rotatable bonds is 4. The van der Waals surface area contributed by atoms with Gasteiger partial charge >= 0.3 is 0 Å². The van der Waals surface area contributed by atoms with Crippen molar-refractivity contribution in [3.8, 4) is 0 Å². The third kappa shape index (κ3) is 2.59. The summed E-state index contributed by atoms with van der Waals surface area (Å²) in [5, 5.41) is 10.4. The Balaban J connectivity index is 1.95. The minimum atomic E-state index is -0.185. The molecule has 2 aliphatic rings. The largest absolute Gasteiger partial charge is 0.472 e. The maximum Gasteiger partial charge on any atom is 0.155 e. The number of hydrogen-bond acceptors (Lipinski definition) is 3. The first-order chi connectivity index (χ1) is 10.9. The predicted octanol–water partition coefficient (Wildman–Crippen LogP) is 4.16. The maximum absolute atomic E-state index is 12.2. The van der Waals surface area contributed by atoms with Crippen LogP contribution in [0.1, 0.15) is 52.0 Å². The van der Waals surface area contributed by atoms with Gasteiger partial charge in [-0.25, -0.2) is 0 Å². The zero-order chi connectivity index (χ0) is 16.7. The molecule has 1 saturated carbocycles. The Labute approximate surface area is 138 Å². The van der Waals surface area contributed by atoms with Gasteiger partial charge in [-0.2, -0.15) is 0 Å². The number of furan rings is 1. The Morgan fingerprint density at radius 1 is 1.43 bits per heavy atom. The Morgan fingerprint density at radius 3 is 2.87 bits per heavy atom. The first-order valence-electron chi connectivity index (χ1n) is 8.76. The van der Waals surface area contributed by atoms with Crippen LogP contribution in [-0.2, 0) is 11.2 Å². The van der Waals surface area contributed by atoms with Gasteiger partial charge in [0.15, 0.2) is 5.78 Å². The maximum atomic E-state index is 12.2. The molecular formula is C20H28O3. The van der Waals surface area contributed by atoms with Crippen molar-refractivity contribution in [1.82, 2.24) is 0 Å². The highest BCUT2D eigenvalue weighted by molar-refractivity contribution is 5.92. The molecule has 0 aliphatic heterocycles. The SMILES string of the molecule is CC1=CC(=O)CC2[C@@](CO)(CCc3ccoc3)[C@H](C)CC[C@@]12C. The van der Waals surface area contributed by atoms with Gasteiger partial charge in [-0.1, -0.05) is 19.4 Å². The second-order valence-corrected chi connectivity index (χ2v) is 7.93. The predicted molar refractivity (Wildman–Crippen MR) is 89.9 cm³/mol. The van der Waals surface area contributed by atoms with Gasteiger partial charge in [0.25, 0.3) is 0 Å². The Bertz CT molecular complexity index is 600. The van der Waals surface area contributed by atoms with Crippen molar-refractivity contribution in [2.24, 2.45) is 22.7 Å². The lowest BCUT2D eigenvalue weighted by Gasteiger charge is -2.58. The first kappa shape index (κ1) is 16.5. The quantitative estimate of drug-likeness (QED) is 0.907. The van der Waals surface area contributed by atoms with E-state index in [4.69, 9.17) is 4.42 Å². The summed E-state index contributed by atoms with van der Waals surface area (Å²) in [6.07, 6.45) is 9.92. The summed E-state index contributed by atoms with van der Waals surface area (Å²) in [6, 6.07) is 1.99. The Morgan fingerprint density at radius 2 is 2.22 bits per heavy atom. The van der Waals surface area contributed by atoms with Crippen LogP contribution in [0.5, 0.6) is 0 Å². The number of fused-ring (bicyclic) bond motifs is 1. The minimum absolute atomic E-state index is 0.0412. The van der Waals surface area contributed by atoms with Gasteiger partial charge in [-0.3, -0.25) is 4.79 Å². The van der Waals surface area contributed by atoms with E-state index in [1.807, 2.05) is 12.1 Å². The zero-order valence-electron chi connectivity index (χ0n) is 14.5. The van der Waals surface area contributed by atoms with Crippen LogP contribution in [0, 0.1) is 22.7 Å². The van der Waals surface area contributed by atoms with Crippen LogP contribution >= 0.6 is 0 Å².